The first kappa shape index (κ1) is 18.3. The Morgan fingerprint density at radius 1 is 0.857 bits per heavy atom. The van der Waals surface area contributed by atoms with Crippen LogP contribution in [0.15, 0.2) is 90.0 Å². The van der Waals surface area contributed by atoms with Crippen molar-refractivity contribution in [2.45, 2.75) is 11.9 Å². The van der Waals surface area contributed by atoms with Crippen LogP contribution < -0.4 is 0 Å². The summed E-state index contributed by atoms with van der Waals surface area (Å²) in [5.74, 6) is 0.745. The molecule has 1 heterocycles. The van der Waals surface area contributed by atoms with Crippen LogP contribution in [0.1, 0.15) is 21.6 Å². The lowest BCUT2D eigenvalue weighted by Gasteiger charge is -2.12. The lowest BCUT2D eigenvalue weighted by molar-refractivity contribution is 0.102. The van der Waals surface area contributed by atoms with Gasteiger partial charge in [0.15, 0.2) is 0 Å². The minimum absolute atomic E-state index is 0.0251. The normalized spacial score (nSPS) is 10.8. The second-order valence-electron chi connectivity index (χ2n) is 6.53. The molecule has 0 radical (unpaired) electrons. The van der Waals surface area contributed by atoms with Crippen LogP contribution in [0.5, 0.6) is 0 Å². The quantitative estimate of drug-likeness (QED) is 0.322. The Balaban J connectivity index is 1.98. The molecule has 0 N–H and O–H groups in total. The van der Waals surface area contributed by atoms with Crippen LogP contribution in [0.25, 0.3) is 17.1 Å². The van der Waals surface area contributed by atoms with Crippen molar-refractivity contribution in [2.24, 2.45) is 0 Å². The fourth-order valence-corrected chi connectivity index (χ4v) is 3.75. The van der Waals surface area contributed by atoms with Crippen molar-refractivity contribution >= 4 is 17.5 Å². The average Bonchev–Trinajstić information content (AvgIpc) is 3.15. The molecule has 4 rings (SSSR count). The number of aryl methyl sites for hydroxylation is 1. The largest absolute Gasteiger partial charge is 0.288 e. The maximum Gasteiger partial charge on any atom is 0.212 e. The highest BCUT2D eigenvalue weighted by Gasteiger charge is 2.25. The summed E-state index contributed by atoms with van der Waals surface area (Å²) in [4.78, 5) is 18.3. The van der Waals surface area contributed by atoms with Crippen LogP contribution in [0, 0.1) is 6.92 Å². The molecule has 4 aromatic rings. The topological polar surface area (TPSA) is 34.9 Å². The maximum atomic E-state index is 13.5. The summed E-state index contributed by atoms with van der Waals surface area (Å²) in [7, 11) is 0. The number of hydrogen-bond donors (Lipinski definition) is 0. The fourth-order valence-electron chi connectivity index (χ4n) is 3.19. The molecule has 0 amide bonds. The number of hydrogen-bond acceptors (Lipinski definition) is 3. The molecule has 3 nitrogen and oxygen atoms in total. The highest BCUT2D eigenvalue weighted by atomic mass is 32.2. The predicted molar refractivity (Wildman–Crippen MR) is 115 cm³/mol. The third kappa shape index (κ3) is 3.39. The Bertz CT molecular complexity index is 1100. The zero-order valence-electron chi connectivity index (χ0n) is 15.8. The maximum absolute atomic E-state index is 13.5. The summed E-state index contributed by atoms with van der Waals surface area (Å²) in [5.41, 5.74) is 4.29. The summed E-state index contributed by atoms with van der Waals surface area (Å²) >= 11 is 1.49. The van der Waals surface area contributed by atoms with Crippen molar-refractivity contribution in [3.63, 3.8) is 0 Å². The molecule has 0 aliphatic heterocycles. The molecule has 0 unspecified atom stereocenters. The van der Waals surface area contributed by atoms with Gasteiger partial charge in [0.2, 0.25) is 5.78 Å². The Morgan fingerprint density at radius 3 is 2.07 bits per heavy atom. The van der Waals surface area contributed by atoms with Gasteiger partial charge in [-0.2, -0.15) is 0 Å². The Labute approximate surface area is 169 Å². The molecule has 1 aromatic heterocycles. The summed E-state index contributed by atoms with van der Waals surface area (Å²) < 4.78 is 1.98. The number of aromatic nitrogens is 2. The van der Waals surface area contributed by atoms with E-state index >= 15 is 0 Å². The van der Waals surface area contributed by atoms with E-state index in [1.54, 1.807) is 0 Å². The standard InChI is InChI=1S/C24H20N2OS/c1-17-13-15-18(16-14-17)22(27)21-24(28-2)25-23(19-9-5-3-6-10-19)26(21)20-11-7-4-8-12-20/h3-16H,1-2H3. The van der Waals surface area contributed by atoms with Gasteiger partial charge in [0.25, 0.3) is 0 Å². The van der Waals surface area contributed by atoms with Crippen LogP contribution >= 0.6 is 11.8 Å². The fraction of sp³-hybridized carbons (Fsp3) is 0.0833. The zero-order valence-corrected chi connectivity index (χ0v) is 16.6. The molecule has 0 fully saturated rings. The lowest BCUT2D eigenvalue weighted by atomic mass is 10.1. The summed E-state index contributed by atoms with van der Waals surface area (Å²) in [6, 6.07) is 27.6. The van der Waals surface area contributed by atoms with Gasteiger partial charge in [-0.1, -0.05) is 78.4 Å². The highest BCUT2D eigenvalue weighted by molar-refractivity contribution is 7.98. The van der Waals surface area contributed by atoms with Crippen LogP contribution in [0.2, 0.25) is 0 Å². The third-order valence-corrected chi connectivity index (χ3v) is 5.29. The van der Waals surface area contributed by atoms with Crippen LogP contribution in [0.3, 0.4) is 0 Å². The molecule has 3 aromatic carbocycles. The van der Waals surface area contributed by atoms with Gasteiger partial charge in [-0.3, -0.25) is 9.36 Å². The zero-order chi connectivity index (χ0) is 19.5. The van der Waals surface area contributed by atoms with Crippen molar-refractivity contribution in [1.29, 1.82) is 0 Å². The molecule has 138 valence electrons. The monoisotopic (exact) mass is 384 g/mol. The van der Waals surface area contributed by atoms with Gasteiger partial charge < -0.3 is 0 Å². The van der Waals surface area contributed by atoms with E-state index in [0.717, 1.165) is 27.7 Å². The number of para-hydroxylation sites is 1. The van der Waals surface area contributed by atoms with Gasteiger partial charge in [0.05, 0.1) is 0 Å². The SMILES string of the molecule is CSc1nc(-c2ccccc2)n(-c2ccccc2)c1C(=O)c1ccc(C)cc1. The lowest BCUT2D eigenvalue weighted by Crippen LogP contribution is -2.11. The van der Waals surface area contributed by atoms with Gasteiger partial charge in [0.1, 0.15) is 16.5 Å². The van der Waals surface area contributed by atoms with Gasteiger partial charge in [-0.25, -0.2) is 4.98 Å². The average molecular weight is 385 g/mol. The predicted octanol–water partition coefficient (Wildman–Crippen LogP) is 5.80. The van der Waals surface area contributed by atoms with Crippen molar-refractivity contribution in [2.75, 3.05) is 6.26 Å². The molecule has 4 heteroatoms. The van der Waals surface area contributed by atoms with Gasteiger partial charge >= 0.3 is 0 Å². The van der Waals surface area contributed by atoms with E-state index in [2.05, 4.69) is 0 Å². The Kier molecular flexibility index (Phi) is 5.13. The summed E-state index contributed by atoms with van der Waals surface area (Å²) in [6.07, 6.45) is 1.96. The van der Waals surface area contributed by atoms with E-state index in [1.165, 1.54) is 11.8 Å². The van der Waals surface area contributed by atoms with E-state index in [0.29, 0.717) is 11.3 Å². The van der Waals surface area contributed by atoms with E-state index in [9.17, 15) is 4.79 Å². The molecule has 0 saturated heterocycles. The van der Waals surface area contributed by atoms with E-state index in [-0.39, 0.29) is 5.78 Å². The molecule has 0 aliphatic carbocycles. The van der Waals surface area contributed by atoms with Gasteiger partial charge in [0, 0.05) is 16.8 Å². The smallest absolute Gasteiger partial charge is 0.212 e. The van der Waals surface area contributed by atoms with Crippen molar-refractivity contribution < 1.29 is 4.79 Å². The number of carbonyl (C=O) groups is 1. The molecule has 0 bridgehead atoms. The number of benzene rings is 3. The highest BCUT2D eigenvalue weighted by Crippen LogP contribution is 2.32. The van der Waals surface area contributed by atoms with Crippen molar-refractivity contribution in [3.05, 3.63) is 102 Å². The minimum Gasteiger partial charge on any atom is -0.288 e. The number of imidazole rings is 1. The third-order valence-electron chi connectivity index (χ3n) is 4.61. The molecule has 0 aliphatic rings. The number of rotatable bonds is 5. The Morgan fingerprint density at radius 2 is 1.46 bits per heavy atom. The molecule has 0 atom stereocenters. The first-order valence-corrected chi connectivity index (χ1v) is 10.3. The Hall–Kier alpha value is -3.11. The van der Waals surface area contributed by atoms with Crippen LogP contribution in [0.4, 0.5) is 0 Å². The van der Waals surface area contributed by atoms with Crippen LogP contribution in [-0.2, 0) is 0 Å². The van der Waals surface area contributed by atoms with E-state index in [1.807, 2.05) is 103 Å². The second kappa shape index (κ2) is 7.87. The van der Waals surface area contributed by atoms with Gasteiger partial charge in [-0.05, 0) is 25.3 Å². The molecule has 0 saturated carbocycles. The first-order valence-electron chi connectivity index (χ1n) is 9.08. The van der Waals surface area contributed by atoms with Crippen LogP contribution in [-0.4, -0.2) is 21.6 Å². The van der Waals surface area contributed by atoms with Crippen molar-refractivity contribution in [1.82, 2.24) is 9.55 Å². The number of carbonyl (C=O) groups excluding carboxylic acids is 1. The molecular formula is C24H20N2OS. The minimum atomic E-state index is -0.0251. The number of thioether (sulfide) groups is 1. The molecule has 28 heavy (non-hydrogen) atoms. The molecule has 0 spiro atoms. The first-order chi connectivity index (χ1) is 13.7. The molecular weight excluding hydrogens is 364 g/mol. The number of ketones is 1. The summed E-state index contributed by atoms with van der Waals surface area (Å²) in [5, 5.41) is 0.730. The number of nitrogens with zero attached hydrogens (tertiary/aromatic N) is 2. The van der Waals surface area contributed by atoms with E-state index in [4.69, 9.17) is 4.98 Å². The van der Waals surface area contributed by atoms with Gasteiger partial charge in [-0.15, -0.1) is 11.8 Å². The second-order valence-corrected chi connectivity index (χ2v) is 7.32. The van der Waals surface area contributed by atoms with Crippen molar-refractivity contribution in [3.8, 4) is 17.1 Å². The van der Waals surface area contributed by atoms with E-state index < -0.39 is 0 Å². The summed E-state index contributed by atoms with van der Waals surface area (Å²) in [6.45, 7) is 2.02.